The van der Waals surface area contributed by atoms with Crippen molar-refractivity contribution in [1.29, 1.82) is 0 Å². The molecule has 1 aliphatic heterocycles. The van der Waals surface area contributed by atoms with Gasteiger partial charge >= 0.3 is 0 Å². The van der Waals surface area contributed by atoms with Crippen LogP contribution in [0.1, 0.15) is 29.3 Å². The maximum absolute atomic E-state index is 12.7. The Kier molecular flexibility index (Phi) is 5.64. The van der Waals surface area contributed by atoms with Gasteiger partial charge in [0.2, 0.25) is 5.89 Å². The zero-order valence-electron chi connectivity index (χ0n) is 16.1. The number of aliphatic hydroxyl groups is 1. The third kappa shape index (κ3) is 4.49. The van der Waals surface area contributed by atoms with E-state index in [0.29, 0.717) is 48.2 Å². The molecule has 29 heavy (non-hydrogen) atoms. The third-order valence-corrected chi connectivity index (χ3v) is 5.36. The van der Waals surface area contributed by atoms with Gasteiger partial charge < -0.3 is 14.5 Å². The molecule has 1 atom stereocenters. The lowest BCUT2D eigenvalue weighted by molar-refractivity contribution is 0.198. The van der Waals surface area contributed by atoms with Gasteiger partial charge in [-0.2, -0.15) is 10.1 Å². The second kappa shape index (κ2) is 8.34. The second-order valence-corrected chi connectivity index (χ2v) is 7.67. The standard InChI is InChI=1S/C20H22ClN5O3/c1-13-17(25-9-8-16(27)11-25)10-22-26(20(13)28)12-19-23-18(24-29-19)7-4-14-2-5-15(21)6-3-14/h2-3,5-6,10,16,27H,4,7-9,11-12H2,1H3/t16-/m1/s1. The monoisotopic (exact) mass is 415 g/mol. The van der Waals surface area contributed by atoms with Gasteiger partial charge in [-0.1, -0.05) is 28.9 Å². The Morgan fingerprint density at radius 1 is 1.28 bits per heavy atom. The first-order valence-electron chi connectivity index (χ1n) is 9.55. The first-order chi connectivity index (χ1) is 14.0. The molecule has 0 unspecified atom stereocenters. The molecule has 0 saturated carbocycles. The maximum atomic E-state index is 12.7. The van der Waals surface area contributed by atoms with Gasteiger partial charge in [0.05, 0.1) is 18.0 Å². The summed E-state index contributed by atoms with van der Waals surface area (Å²) in [5.41, 5.74) is 2.29. The van der Waals surface area contributed by atoms with Crippen molar-refractivity contribution in [2.75, 3.05) is 18.0 Å². The largest absolute Gasteiger partial charge is 0.391 e. The van der Waals surface area contributed by atoms with E-state index < -0.39 is 0 Å². The molecule has 1 aliphatic rings. The molecule has 0 amide bonds. The molecule has 2 aromatic heterocycles. The average molecular weight is 416 g/mol. The molecule has 9 heteroatoms. The SMILES string of the molecule is Cc1c(N2CC[C@@H](O)C2)cnn(Cc2nc(CCc3ccc(Cl)cc3)no2)c1=O. The van der Waals surface area contributed by atoms with Crippen LogP contribution in [0, 0.1) is 6.92 Å². The molecular weight excluding hydrogens is 394 g/mol. The van der Waals surface area contributed by atoms with E-state index in [1.54, 1.807) is 13.1 Å². The van der Waals surface area contributed by atoms with E-state index in [1.165, 1.54) is 4.68 Å². The molecule has 0 radical (unpaired) electrons. The van der Waals surface area contributed by atoms with Crippen molar-refractivity contribution in [1.82, 2.24) is 19.9 Å². The Morgan fingerprint density at radius 3 is 2.79 bits per heavy atom. The van der Waals surface area contributed by atoms with Crippen LogP contribution in [-0.4, -0.2) is 44.2 Å². The number of benzene rings is 1. The highest BCUT2D eigenvalue weighted by atomic mass is 35.5. The number of β-amino-alcohol motifs (C(OH)–C–C–N with tert-alkyl or cyclic N) is 1. The van der Waals surface area contributed by atoms with Gasteiger partial charge in [-0.15, -0.1) is 0 Å². The first-order valence-corrected chi connectivity index (χ1v) is 9.93. The van der Waals surface area contributed by atoms with Crippen molar-refractivity contribution in [2.45, 2.75) is 38.8 Å². The minimum Gasteiger partial charge on any atom is -0.391 e. The van der Waals surface area contributed by atoms with E-state index >= 15 is 0 Å². The molecule has 1 N–H and O–H groups in total. The van der Waals surface area contributed by atoms with Gasteiger partial charge in [0, 0.05) is 30.1 Å². The minimum atomic E-state index is -0.360. The predicted molar refractivity (Wildman–Crippen MR) is 108 cm³/mol. The van der Waals surface area contributed by atoms with E-state index in [-0.39, 0.29) is 18.2 Å². The van der Waals surface area contributed by atoms with Gasteiger partial charge in [0.1, 0.15) is 6.54 Å². The highest BCUT2D eigenvalue weighted by molar-refractivity contribution is 6.30. The predicted octanol–water partition coefficient (Wildman–Crippen LogP) is 1.99. The van der Waals surface area contributed by atoms with Crippen LogP contribution in [-0.2, 0) is 19.4 Å². The van der Waals surface area contributed by atoms with Gasteiger partial charge in [0.15, 0.2) is 5.82 Å². The topological polar surface area (TPSA) is 97.3 Å². The number of aryl methyl sites for hydroxylation is 2. The lowest BCUT2D eigenvalue weighted by Crippen LogP contribution is -2.30. The smallest absolute Gasteiger partial charge is 0.272 e. The Bertz CT molecular complexity index is 1050. The highest BCUT2D eigenvalue weighted by Crippen LogP contribution is 2.21. The molecule has 3 heterocycles. The molecule has 8 nitrogen and oxygen atoms in total. The van der Waals surface area contributed by atoms with Crippen LogP contribution in [0.2, 0.25) is 5.02 Å². The molecule has 1 fully saturated rings. The van der Waals surface area contributed by atoms with Crippen LogP contribution in [0.4, 0.5) is 5.69 Å². The van der Waals surface area contributed by atoms with Crippen molar-refractivity contribution in [3.05, 3.63) is 68.7 Å². The molecule has 1 saturated heterocycles. The maximum Gasteiger partial charge on any atom is 0.272 e. The molecule has 0 spiro atoms. The minimum absolute atomic E-state index is 0.122. The summed E-state index contributed by atoms with van der Waals surface area (Å²) in [7, 11) is 0. The van der Waals surface area contributed by atoms with Crippen molar-refractivity contribution >= 4 is 17.3 Å². The zero-order valence-corrected chi connectivity index (χ0v) is 16.8. The molecule has 152 valence electrons. The van der Waals surface area contributed by atoms with E-state index in [1.807, 2.05) is 29.2 Å². The van der Waals surface area contributed by atoms with Gasteiger partial charge in [-0.3, -0.25) is 4.79 Å². The molecule has 0 aliphatic carbocycles. The number of rotatable bonds is 6. The fourth-order valence-electron chi connectivity index (χ4n) is 3.46. The highest BCUT2D eigenvalue weighted by Gasteiger charge is 2.23. The van der Waals surface area contributed by atoms with E-state index in [4.69, 9.17) is 16.1 Å². The molecule has 0 bridgehead atoms. The summed E-state index contributed by atoms with van der Waals surface area (Å²) < 4.78 is 6.61. The van der Waals surface area contributed by atoms with E-state index in [9.17, 15) is 9.90 Å². The molecule has 4 rings (SSSR count). The van der Waals surface area contributed by atoms with Crippen molar-refractivity contribution in [3.63, 3.8) is 0 Å². The average Bonchev–Trinajstić information content (AvgIpc) is 3.34. The first kappa shape index (κ1) is 19.6. The Balaban J connectivity index is 1.42. The number of halogens is 1. The third-order valence-electron chi connectivity index (χ3n) is 5.11. The van der Waals surface area contributed by atoms with Crippen molar-refractivity contribution in [3.8, 4) is 0 Å². The number of nitrogens with zero attached hydrogens (tertiary/aromatic N) is 5. The number of anilines is 1. The second-order valence-electron chi connectivity index (χ2n) is 7.24. The summed E-state index contributed by atoms with van der Waals surface area (Å²) in [6, 6.07) is 7.64. The number of hydrogen-bond acceptors (Lipinski definition) is 7. The van der Waals surface area contributed by atoms with Gasteiger partial charge in [-0.25, -0.2) is 4.68 Å². The fourth-order valence-corrected chi connectivity index (χ4v) is 3.59. The van der Waals surface area contributed by atoms with Crippen LogP contribution in [0.15, 0.2) is 39.8 Å². The van der Waals surface area contributed by atoms with Crippen molar-refractivity contribution in [2.24, 2.45) is 0 Å². The van der Waals surface area contributed by atoms with Gasteiger partial charge in [0.25, 0.3) is 5.56 Å². The quantitative estimate of drug-likeness (QED) is 0.657. The summed E-state index contributed by atoms with van der Waals surface area (Å²) in [4.78, 5) is 19.0. The summed E-state index contributed by atoms with van der Waals surface area (Å²) >= 11 is 5.90. The van der Waals surface area contributed by atoms with Crippen LogP contribution in [0.25, 0.3) is 0 Å². The van der Waals surface area contributed by atoms with Crippen LogP contribution >= 0.6 is 11.6 Å². The summed E-state index contributed by atoms with van der Waals surface area (Å²) in [6.07, 6.45) is 3.39. The molecule has 3 aromatic rings. The van der Waals surface area contributed by atoms with Crippen LogP contribution < -0.4 is 10.5 Å². The lowest BCUT2D eigenvalue weighted by Gasteiger charge is -2.19. The Hall–Kier alpha value is -2.71. The lowest BCUT2D eigenvalue weighted by atomic mass is 10.1. The summed E-state index contributed by atoms with van der Waals surface area (Å²) in [5.74, 6) is 0.928. The van der Waals surface area contributed by atoms with Crippen LogP contribution in [0.3, 0.4) is 0 Å². The Morgan fingerprint density at radius 2 is 2.07 bits per heavy atom. The van der Waals surface area contributed by atoms with Crippen LogP contribution in [0.5, 0.6) is 0 Å². The van der Waals surface area contributed by atoms with E-state index in [0.717, 1.165) is 17.7 Å². The normalized spacial score (nSPS) is 16.5. The molecular formula is C20H22ClN5O3. The van der Waals surface area contributed by atoms with Crippen molar-refractivity contribution < 1.29 is 9.63 Å². The number of hydrogen-bond donors (Lipinski definition) is 1. The molecule has 1 aromatic carbocycles. The fraction of sp³-hybridized carbons (Fsp3) is 0.400. The summed E-state index contributed by atoms with van der Waals surface area (Å²) in [5, 5.41) is 18.7. The summed E-state index contributed by atoms with van der Waals surface area (Å²) in [6.45, 7) is 3.13. The zero-order chi connectivity index (χ0) is 20.4. The number of aliphatic hydroxyl groups excluding tert-OH is 1. The Labute approximate surface area is 172 Å². The van der Waals surface area contributed by atoms with E-state index in [2.05, 4.69) is 15.2 Å². The van der Waals surface area contributed by atoms with Gasteiger partial charge in [-0.05, 0) is 37.5 Å². The number of aromatic nitrogens is 4.